The van der Waals surface area contributed by atoms with Gasteiger partial charge in [-0.3, -0.25) is 13.9 Å². The molecule has 162 valence electrons. The average Bonchev–Trinajstić information content (AvgIpc) is 3.40. The summed E-state index contributed by atoms with van der Waals surface area (Å²) in [5.74, 6) is 7.05. The maximum Gasteiger partial charge on any atom is 0.331 e. The highest BCUT2D eigenvalue weighted by Gasteiger charge is 2.19. The van der Waals surface area contributed by atoms with Gasteiger partial charge in [-0.1, -0.05) is 42.5 Å². The summed E-state index contributed by atoms with van der Waals surface area (Å²) in [7, 11) is 1.67. The van der Waals surface area contributed by atoms with E-state index in [2.05, 4.69) is 11.8 Å². The van der Waals surface area contributed by atoms with Crippen LogP contribution >= 0.6 is 11.6 Å². The average molecular weight is 440 g/mol. The Morgan fingerprint density at radius 2 is 1.84 bits per heavy atom. The van der Waals surface area contributed by atoms with Crippen LogP contribution in [-0.2, 0) is 20.1 Å². The number of rotatable bonds is 5. The Labute approximate surface area is 185 Å². The predicted molar refractivity (Wildman–Crippen MR) is 123 cm³/mol. The first-order chi connectivity index (χ1) is 15.0. The van der Waals surface area contributed by atoms with Gasteiger partial charge < -0.3 is 9.67 Å². The molecule has 0 saturated heterocycles. The minimum Gasteiger partial charge on any atom is -0.396 e. The number of aryl methyl sites for hydroxylation is 1. The molecule has 0 atom stereocenters. The molecule has 3 aromatic rings. The Morgan fingerprint density at radius 1 is 1.13 bits per heavy atom. The molecule has 2 heterocycles. The first kappa shape index (κ1) is 21.5. The van der Waals surface area contributed by atoms with Crippen molar-refractivity contribution in [3.8, 4) is 11.8 Å². The topological polar surface area (TPSA) is 69.2 Å². The molecule has 0 unspecified atom stereocenters. The molecule has 31 heavy (non-hydrogen) atoms. The van der Waals surface area contributed by atoms with Gasteiger partial charge >= 0.3 is 5.69 Å². The molecule has 7 heteroatoms. The van der Waals surface area contributed by atoms with Crippen LogP contribution in [0.5, 0.6) is 0 Å². The van der Waals surface area contributed by atoms with Gasteiger partial charge in [0.2, 0.25) is 0 Å². The van der Waals surface area contributed by atoms with Gasteiger partial charge in [0.05, 0.1) is 11.2 Å². The van der Waals surface area contributed by atoms with Crippen molar-refractivity contribution < 1.29 is 5.11 Å². The van der Waals surface area contributed by atoms with Crippen LogP contribution in [0.3, 0.4) is 0 Å². The molecule has 0 amide bonds. The lowest BCUT2D eigenvalue weighted by atomic mass is 10.1. The van der Waals surface area contributed by atoms with E-state index >= 15 is 0 Å². The molecule has 1 saturated carbocycles. The van der Waals surface area contributed by atoms with Crippen LogP contribution in [0.1, 0.15) is 43.4 Å². The second kappa shape index (κ2) is 9.17. The van der Waals surface area contributed by atoms with E-state index in [9.17, 15) is 14.7 Å². The molecule has 6 nitrogen and oxygen atoms in total. The highest BCUT2D eigenvalue weighted by Crippen LogP contribution is 2.24. The molecule has 0 bridgehead atoms. The summed E-state index contributed by atoms with van der Waals surface area (Å²) in [4.78, 5) is 26.1. The second-order valence-corrected chi connectivity index (χ2v) is 8.54. The van der Waals surface area contributed by atoms with E-state index in [4.69, 9.17) is 11.6 Å². The van der Waals surface area contributed by atoms with E-state index in [0.717, 1.165) is 24.1 Å². The molecule has 0 spiro atoms. The van der Waals surface area contributed by atoms with E-state index in [1.54, 1.807) is 7.05 Å². The van der Waals surface area contributed by atoms with Crippen molar-refractivity contribution >= 4 is 22.6 Å². The summed E-state index contributed by atoms with van der Waals surface area (Å²) in [5.41, 5.74) is 2.00. The number of hydrogen-bond acceptors (Lipinski definition) is 3. The normalized spacial score (nSPS) is 14.2. The van der Waals surface area contributed by atoms with Gasteiger partial charge in [0.25, 0.3) is 5.56 Å². The molecular weight excluding hydrogens is 414 g/mol. The molecule has 1 fully saturated rings. The van der Waals surface area contributed by atoms with Crippen LogP contribution in [0.15, 0.2) is 39.9 Å². The summed E-state index contributed by atoms with van der Waals surface area (Å²) in [6.07, 6.45) is 4.97. The SMILES string of the molecule is Cn1c(=O)n(CCCO)c(=O)c2c1cc(C#CC1CCCC1)n2Cc1ccc(Cl)cc1. The molecular formula is C24H26ClN3O3. The van der Waals surface area contributed by atoms with Gasteiger partial charge in [0.15, 0.2) is 0 Å². The zero-order chi connectivity index (χ0) is 22.0. The Kier molecular flexibility index (Phi) is 6.35. The van der Waals surface area contributed by atoms with Gasteiger partial charge in [-0.15, -0.1) is 0 Å². The van der Waals surface area contributed by atoms with Crippen LogP contribution in [0.25, 0.3) is 11.0 Å². The van der Waals surface area contributed by atoms with Gasteiger partial charge in [0, 0.05) is 37.7 Å². The quantitative estimate of drug-likeness (QED) is 0.621. The summed E-state index contributed by atoms with van der Waals surface area (Å²) in [6.45, 7) is 0.535. The van der Waals surface area contributed by atoms with E-state index in [1.165, 1.54) is 22.0 Å². The Morgan fingerprint density at radius 3 is 2.52 bits per heavy atom. The third-order valence-corrected chi connectivity index (χ3v) is 6.21. The van der Waals surface area contributed by atoms with Crippen molar-refractivity contribution in [3.63, 3.8) is 0 Å². The van der Waals surface area contributed by atoms with Gasteiger partial charge in [0.1, 0.15) is 5.52 Å². The zero-order valence-electron chi connectivity index (χ0n) is 17.6. The molecule has 1 aromatic carbocycles. The van der Waals surface area contributed by atoms with Crippen molar-refractivity contribution in [1.29, 1.82) is 0 Å². The number of halogens is 1. The Balaban J connectivity index is 1.91. The smallest absolute Gasteiger partial charge is 0.331 e. The molecule has 1 N–H and O–H groups in total. The largest absolute Gasteiger partial charge is 0.396 e. The van der Waals surface area contributed by atoms with Crippen LogP contribution in [0.2, 0.25) is 5.02 Å². The minimum atomic E-state index is -0.384. The number of benzene rings is 1. The van der Waals surface area contributed by atoms with Gasteiger partial charge in [-0.25, -0.2) is 4.79 Å². The maximum atomic E-state index is 13.3. The number of fused-ring (bicyclic) bond motifs is 1. The predicted octanol–water partition coefficient (Wildman–Crippen LogP) is 3.13. The van der Waals surface area contributed by atoms with Crippen molar-refractivity contribution in [2.45, 2.75) is 45.2 Å². The molecule has 0 radical (unpaired) electrons. The highest BCUT2D eigenvalue weighted by atomic mass is 35.5. The molecule has 2 aromatic heterocycles. The highest BCUT2D eigenvalue weighted by molar-refractivity contribution is 6.30. The van der Waals surface area contributed by atoms with Crippen LogP contribution in [0, 0.1) is 17.8 Å². The lowest BCUT2D eigenvalue weighted by Gasteiger charge is -2.11. The number of aromatic nitrogens is 3. The van der Waals surface area contributed by atoms with Crippen molar-refractivity contribution in [2.24, 2.45) is 13.0 Å². The van der Waals surface area contributed by atoms with Crippen LogP contribution < -0.4 is 11.2 Å². The Bertz CT molecular complexity index is 1270. The minimum absolute atomic E-state index is 0.0858. The fourth-order valence-corrected chi connectivity index (χ4v) is 4.35. The first-order valence-electron chi connectivity index (χ1n) is 10.7. The van der Waals surface area contributed by atoms with Crippen LogP contribution in [-0.4, -0.2) is 25.4 Å². The van der Waals surface area contributed by atoms with Gasteiger partial charge in [-0.05, 0) is 48.9 Å². The molecule has 0 aliphatic heterocycles. The van der Waals surface area contributed by atoms with Crippen molar-refractivity contribution in [2.75, 3.05) is 6.61 Å². The first-order valence-corrected chi connectivity index (χ1v) is 11.1. The molecule has 4 rings (SSSR count). The third-order valence-electron chi connectivity index (χ3n) is 5.96. The summed E-state index contributed by atoms with van der Waals surface area (Å²) in [6, 6.07) is 9.33. The fraction of sp³-hybridized carbons (Fsp3) is 0.417. The zero-order valence-corrected chi connectivity index (χ0v) is 18.4. The summed E-state index contributed by atoms with van der Waals surface area (Å²) in [5, 5.41) is 9.83. The summed E-state index contributed by atoms with van der Waals surface area (Å²) < 4.78 is 4.59. The summed E-state index contributed by atoms with van der Waals surface area (Å²) >= 11 is 6.03. The van der Waals surface area contributed by atoms with Gasteiger partial charge in [-0.2, -0.15) is 0 Å². The van der Waals surface area contributed by atoms with Crippen LogP contribution in [0.4, 0.5) is 0 Å². The lowest BCUT2D eigenvalue weighted by Crippen LogP contribution is -2.39. The third kappa shape index (κ3) is 4.34. The number of nitrogens with zero attached hydrogens (tertiary/aromatic N) is 3. The van der Waals surface area contributed by atoms with E-state index in [0.29, 0.717) is 34.9 Å². The monoisotopic (exact) mass is 439 g/mol. The molecule has 1 aliphatic carbocycles. The number of hydrogen-bond donors (Lipinski definition) is 1. The van der Waals surface area contributed by atoms with E-state index in [-0.39, 0.29) is 24.4 Å². The standard InChI is InChI=1S/C24H26ClN3O3/c1-26-21-15-20(12-9-17-5-2-3-6-17)28(16-18-7-10-19(25)11-8-18)22(21)23(30)27(24(26)31)13-4-14-29/h7-8,10-11,15,17,29H,2-6,13-14,16H2,1H3. The Hall–Kier alpha value is -2.75. The van der Waals surface area contributed by atoms with E-state index in [1.807, 2.05) is 34.9 Å². The van der Waals surface area contributed by atoms with Crippen molar-refractivity contribution in [1.82, 2.24) is 13.7 Å². The number of aliphatic hydroxyl groups excluding tert-OH is 1. The fourth-order valence-electron chi connectivity index (χ4n) is 4.23. The second-order valence-electron chi connectivity index (χ2n) is 8.10. The van der Waals surface area contributed by atoms with Crippen molar-refractivity contribution in [3.05, 3.63) is 67.4 Å². The van der Waals surface area contributed by atoms with E-state index < -0.39 is 0 Å². The molecule has 1 aliphatic rings. The maximum absolute atomic E-state index is 13.3. The number of aliphatic hydroxyl groups is 1. The lowest BCUT2D eigenvalue weighted by molar-refractivity contribution is 0.277.